The predicted molar refractivity (Wildman–Crippen MR) is 133 cm³/mol. The molecular weight excluding hydrogens is 448 g/mol. The van der Waals surface area contributed by atoms with Crippen LogP contribution in [0.2, 0.25) is 0 Å². The summed E-state index contributed by atoms with van der Waals surface area (Å²) < 4.78 is 16.4. The number of hydrogen-bond donors (Lipinski definition) is 2. The Morgan fingerprint density at radius 1 is 1.09 bits per heavy atom. The van der Waals surface area contributed by atoms with Crippen LogP contribution < -0.4 is 9.47 Å². The van der Waals surface area contributed by atoms with Gasteiger partial charge in [0.25, 0.3) is 11.7 Å². The maximum atomic E-state index is 13.3. The van der Waals surface area contributed by atoms with Crippen LogP contribution >= 0.6 is 0 Å². The summed E-state index contributed by atoms with van der Waals surface area (Å²) in [7, 11) is 3.06. The van der Waals surface area contributed by atoms with E-state index in [2.05, 4.69) is 4.98 Å². The van der Waals surface area contributed by atoms with Crippen molar-refractivity contribution in [2.75, 3.05) is 27.4 Å². The SMILES string of the molecule is COc1ccc(C2/C(=C(/O)c3c[nH]c4ccccc34)C(=O)C(=O)N2CCCOC(C)C)cc1OC. The third-order valence-corrected chi connectivity index (χ3v) is 6.10. The van der Waals surface area contributed by atoms with Gasteiger partial charge in [-0.05, 0) is 44.0 Å². The molecule has 184 valence electrons. The van der Waals surface area contributed by atoms with Gasteiger partial charge in [0.05, 0.1) is 31.9 Å². The number of carbonyl (C=O) groups is 2. The third kappa shape index (κ3) is 4.61. The molecule has 4 rings (SSSR count). The largest absolute Gasteiger partial charge is 0.507 e. The van der Waals surface area contributed by atoms with Crippen LogP contribution in [0.4, 0.5) is 0 Å². The number of aromatic amines is 1. The van der Waals surface area contributed by atoms with Crippen molar-refractivity contribution in [1.29, 1.82) is 0 Å². The zero-order chi connectivity index (χ0) is 25.1. The molecule has 0 bridgehead atoms. The molecule has 35 heavy (non-hydrogen) atoms. The van der Waals surface area contributed by atoms with E-state index in [1.807, 2.05) is 38.1 Å². The van der Waals surface area contributed by atoms with E-state index in [1.165, 1.54) is 19.1 Å². The highest BCUT2D eigenvalue weighted by molar-refractivity contribution is 6.46. The summed E-state index contributed by atoms with van der Waals surface area (Å²) in [4.78, 5) is 31.1. The number of fused-ring (bicyclic) bond motifs is 1. The average Bonchev–Trinajstić information content (AvgIpc) is 3.40. The van der Waals surface area contributed by atoms with Crippen molar-refractivity contribution in [2.24, 2.45) is 0 Å². The molecule has 1 unspecified atom stereocenters. The van der Waals surface area contributed by atoms with Crippen molar-refractivity contribution in [3.8, 4) is 11.5 Å². The molecule has 8 heteroatoms. The van der Waals surface area contributed by atoms with Crippen LogP contribution in [0, 0.1) is 0 Å². The molecule has 1 saturated heterocycles. The molecule has 0 aliphatic carbocycles. The first-order valence-electron chi connectivity index (χ1n) is 11.6. The Hall–Kier alpha value is -3.78. The van der Waals surface area contributed by atoms with E-state index in [0.717, 1.165) is 10.9 Å². The van der Waals surface area contributed by atoms with Crippen molar-refractivity contribution >= 4 is 28.4 Å². The van der Waals surface area contributed by atoms with Crippen molar-refractivity contribution in [1.82, 2.24) is 9.88 Å². The number of ketones is 1. The molecule has 1 aromatic heterocycles. The second-order valence-electron chi connectivity index (χ2n) is 8.63. The van der Waals surface area contributed by atoms with Gasteiger partial charge in [-0.1, -0.05) is 24.3 Å². The van der Waals surface area contributed by atoms with Crippen molar-refractivity contribution in [3.63, 3.8) is 0 Å². The smallest absolute Gasteiger partial charge is 0.295 e. The molecule has 3 aromatic rings. The zero-order valence-electron chi connectivity index (χ0n) is 20.3. The normalized spacial score (nSPS) is 17.5. The van der Waals surface area contributed by atoms with E-state index >= 15 is 0 Å². The number of aliphatic hydroxyl groups is 1. The first-order valence-corrected chi connectivity index (χ1v) is 11.6. The maximum absolute atomic E-state index is 13.3. The maximum Gasteiger partial charge on any atom is 0.295 e. The van der Waals surface area contributed by atoms with Gasteiger partial charge in [-0.3, -0.25) is 9.59 Å². The van der Waals surface area contributed by atoms with E-state index < -0.39 is 17.7 Å². The number of methoxy groups -OCH3 is 2. The highest BCUT2D eigenvalue weighted by atomic mass is 16.5. The Morgan fingerprint density at radius 2 is 1.83 bits per heavy atom. The summed E-state index contributed by atoms with van der Waals surface area (Å²) in [5.74, 6) is -0.615. The number of nitrogens with one attached hydrogen (secondary N) is 1. The minimum Gasteiger partial charge on any atom is -0.507 e. The lowest BCUT2D eigenvalue weighted by atomic mass is 9.94. The van der Waals surface area contributed by atoms with Crippen LogP contribution in [0.15, 0.2) is 54.2 Å². The predicted octanol–water partition coefficient (Wildman–Crippen LogP) is 4.42. The number of carbonyl (C=O) groups excluding carboxylic acids is 2. The number of benzene rings is 2. The van der Waals surface area contributed by atoms with Gasteiger partial charge in [-0.25, -0.2) is 0 Å². The Kier molecular flexibility index (Phi) is 7.12. The molecule has 8 nitrogen and oxygen atoms in total. The Balaban J connectivity index is 1.83. The topological polar surface area (TPSA) is 101 Å². The molecule has 0 saturated carbocycles. The second kappa shape index (κ2) is 10.2. The number of ether oxygens (including phenoxy) is 3. The highest BCUT2D eigenvalue weighted by Crippen LogP contribution is 2.42. The summed E-state index contributed by atoms with van der Waals surface area (Å²) in [5.41, 5.74) is 1.95. The van der Waals surface area contributed by atoms with Gasteiger partial charge in [-0.2, -0.15) is 0 Å². The molecule has 1 atom stereocenters. The number of aromatic nitrogens is 1. The fourth-order valence-electron chi connectivity index (χ4n) is 4.45. The number of likely N-dealkylation sites (tertiary alicyclic amines) is 1. The van der Waals surface area contributed by atoms with Gasteiger partial charge in [-0.15, -0.1) is 0 Å². The van der Waals surface area contributed by atoms with E-state index in [9.17, 15) is 14.7 Å². The van der Waals surface area contributed by atoms with Crippen molar-refractivity contribution in [3.05, 3.63) is 65.4 Å². The summed E-state index contributed by atoms with van der Waals surface area (Å²) in [5, 5.41) is 12.2. The molecule has 0 spiro atoms. The number of rotatable bonds is 9. The molecule has 1 aliphatic rings. The van der Waals surface area contributed by atoms with Crippen LogP contribution in [0.25, 0.3) is 16.7 Å². The van der Waals surface area contributed by atoms with Crippen LogP contribution in [0.1, 0.15) is 37.4 Å². The number of Topliss-reactive ketones (excluding diaryl/α,β-unsaturated/α-hetero) is 1. The fraction of sp³-hybridized carbons (Fsp3) is 0.333. The molecule has 1 aliphatic heterocycles. The Labute approximate surface area is 204 Å². The summed E-state index contributed by atoms with van der Waals surface area (Å²) in [6.07, 6.45) is 2.26. The Morgan fingerprint density at radius 3 is 2.54 bits per heavy atom. The third-order valence-electron chi connectivity index (χ3n) is 6.10. The minimum absolute atomic E-state index is 0.0387. The number of para-hydroxylation sites is 1. The van der Waals surface area contributed by atoms with Crippen LogP contribution in [-0.2, 0) is 14.3 Å². The van der Waals surface area contributed by atoms with E-state index in [4.69, 9.17) is 14.2 Å². The van der Waals surface area contributed by atoms with Gasteiger partial charge >= 0.3 is 0 Å². The first-order chi connectivity index (χ1) is 16.9. The van der Waals surface area contributed by atoms with Crippen LogP contribution in [-0.4, -0.2) is 60.2 Å². The number of aliphatic hydroxyl groups excluding tert-OH is 1. The number of H-pyrrole nitrogens is 1. The highest BCUT2D eigenvalue weighted by Gasteiger charge is 2.46. The zero-order valence-corrected chi connectivity index (χ0v) is 20.3. The van der Waals surface area contributed by atoms with Gasteiger partial charge < -0.3 is 29.2 Å². The lowest BCUT2D eigenvalue weighted by Gasteiger charge is -2.26. The van der Waals surface area contributed by atoms with Crippen molar-refractivity contribution < 1.29 is 28.9 Å². The lowest BCUT2D eigenvalue weighted by molar-refractivity contribution is -0.140. The molecule has 2 aromatic carbocycles. The summed E-state index contributed by atoms with van der Waals surface area (Å²) >= 11 is 0. The van der Waals surface area contributed by atoms with Crippen LogP contribution in [0.5, 0.6) is 11.5 Å². The van der Waals surface area contributed by atoms with E-state index in [-0.39, 0.29) is 17.4 Å². The molecule has 1 amide bonds. The number of amides is 1. The molecular formula is C27H30N2O6. The summed E-state index contributed by atoms with van der Waals surface area (Å²) in [6.45, 7) is 4.62. The molecule has 1 fully saturated rings. The van der Waals surface area contributed by atoms with Gasteiger partial charge in [0.15, 0.2) is 11.5 Å². The molecule has 2 heterocycles. The van der Waals surface area contributed by atoms with Gasteiger partial charge in [0.1, 0.15) is 5.76 Å². The Bertz CT molecular complexity index is 1280. The second-order valence-corrected chi connectivity index (χ2v) is 8.63. The minimum atomic E-state index is -0.789. The molecule has 2 N–H and O–H groups in total. The summed E-state index contributed by atoms with van der Waals surface area (Å²) in [6, 6.07) is 11.9. The number of nitrogens with zero attached hydrogens (tertiary/aromatic N) is 1. The van der Waals surface area contributed by atoms with E-state index in [0.29, 0.717) is 42.2 Å². The number of hydrogen-bond acceptors (Lipinski definition) is 6. The van der Waals surface area contributed by atoms with Crippen molar-refractivity contribution in [2.45, 2.75) is 32.4 Å². The molecule has 0 radical (unpaired) electrons. The fourth-order valence-corrected chi connectivity index (χ4v) is 4.45. The monoisotopic (exact) mass is 478 g/mol. The van der Waals surface area contributed by atoms with Gasteiger partial charge in [0.2, 0.25) is 0 Å². The standard InChI is InChI=1S/C27H30N2O6/c1-16(2)35-13-7-12-29-24(17-10-11-21(33-3)22(14-17)34-4)23(26(31)27(29)32)25(30)19-15-28-20-9-6-5-8-18(19)20/h5-6,8-11,14-16,24,28,30H,7,12-13H2,1-4H3/b25-23-. The van der Waals surface area contributed by atoms with E-state index in [1.54, 1.807) is 24.4 Å². The quantitative estimate of drug-likeness (QED) is 0.204. The lowest BCUT2D eigenvalue weighted by Crippen LogP contribution is -2.31. The first kappa shape index (κ1) is 24.3. The average molecular weight is 479 g/mol. The van der Waals surface area contributed by atoms with Crippen LogP contribution in [0.3, 0.4) is 0 Å². The van der Waals surface area contributed by atoms with Gasteiger partial charge in [0, 0.05) is 35.8 Å².